The van der Waals surface area contributed by atoms with Gasteiger partial charge in [0.25, 0.3) is 0 Å². The fourth-order valence-corrected chi connectivity index (χ4v) is 3.29. The number of nitrogens with zero attached hydrogens (tertiary/aromatic N) is 2. The summed E-state index contributed by atoms with van der Waals surface area (Å²) in [7, 11) is 0. The Kier molecular flexibility index (Phi) is 4.63. The summed E-state index contributed by atoms with van der Waals surface area (Å²) in [6.45, 7) is 4.90. The van der Waals surface area contributed by atoms with Gasteiger partial charge in [0.15, 0.2) is 11.5 Å². The second-order valence-electron chi connectivity index (χ2n) is 5.20. The predicted molar refractivity (Wildman–Crippen MR) is 82.5 cm³/mol. The maximum atomic E-state index is 9.58. The summed E-state index contributed by atoms with van der Waals surface area (Å²) in [6, 6.07) is 6.09. The SMILES string of the molecule is N#CC(c1cc(Br)c2c(c1)OCCCO2)N1CCNCC1. The zero-order valence-corrected chi connectivity index (χ0v) is 13.4. The van der Waals surface area contributed by atoms with E-state index in [1.54, 1.807) is 0 Å². The smallest absolute Gasteiger partial charge is 0.175 e. The van der Waals surface area contributed by atoms with Crippen LogP contribution in [0.3, 0.4) is 0 Å². The van der Waals surface area contributed by atoms with Gasteiger partial charge in [-0.25, -0.2) is 0 Å². The van der Waals surface area contributed by atoms with Gasteiger partial charge in [-0.2, -0.15) is 5.26 Å². The zero-order chi connectivity index (χ0) is 14.7. The highest BCUT2D eigenvalue weighted by atomic mass is 79.9. The fraction of sp³-hybridized carbons (Fsp3) is 0.533. The van der Waals surface area contributed by atoms with Crippen LogP contribution >= 0.6 is 15.9 Å². The average Bonchev–Trinajstić information content (AvgIpc) is 2.75. The van der Waals surface area contributed by atoms with Crippen LogP contribution in [0.4, 0.5) is 0 Å². The lowest BCUT2D eigenvalue weighted by atomic mass is 10.0. The van der Waals surface area contributed by atoms with E-state index in [0.29, 0.717) is 13.2 Å². The maximum Gasteiger partial charge on any atom is 0.175 e. The van der Waals surface area contributed by atoms with Crippen molar-refractivity contribution in [2.75, 3.05) is 39.4 Å². The summed E-state index contributed by atoms with van der Waals surface area (Å²) in [4.78, 5) is 2.20. The van der Waals surface area contributed by atoms with Crippen molar-refractivity contribution in [2.45, 2.75) is 12.5 Å². The number of ether oxygens (including phenoxy) is 2. The van der Waals surface area contributed by atoms with Crippen molar-refractivity contribution in [3.63, 3.8) is 0 Å². The molecule has 0 spiro atoms. The number of piperazine rings is 1. The summed E-state index contributed by atoms with van der Waals surface area (Å²) in [6.07, 6.45) is 0.871. The standard InChI is InChI=1S/C15H18BrN3O2/c16-12-8-11(9-14-15(12)21-7-1-6-20-14)13(10-17)19-4-2-18-3-5-19/h8-9,13,18H,1-7H2. The number of hydrogen-bond donors (Lipinski definition) is 1. The second kappa shape index (κ2) is 6.65. The van der Waals surface area contributed by atoms with Crippen molar-refractivity contribution >= 4 is 15.9 Å². The van der Waals surface area contributed by atoms with Gasteiger partial charge < -0.3 is 14.8 Å². The van der Waals surface area contributed by atoms with Gasteiger partial charge in [-0.15, -0.1) is 0 Å². The highest BCUT2D eigenvalue weighted by Gasteiger charge is 2.25. The molecule has 3 rings (SSSR count). The third kappa shape index (κ3) is 3.15. The molecule has 5 nitrogen and oxygen atoms in total. The van der Waals surface area contributed by atoms with E-state index in [2.05, 4.69) is 32.2 Å². The number of fused-ring (bicyclic) bond motifs is 1. The first-order chi connectivity index (χ1) is 10.3. The minimum atomic E-state index is -0.249. The molecule has 0 radical (unpaired) electrons. The first-order valence-electron chi connectivity index (χ1n) is 7.23. The Bertz CT molecular complexity index is 553. The van der Waals surface area contributed by atoms with Gasteiger partial charge in [0.1, 0.15) is 6.04 Å². The Morgan fingerprint density at radius 1 is 1.24 bits per heavy atom. The Balaban J connectivity index is 1.92. The molecule has 1 N–H and O–H groups in total. The first-order valence-corrected chi connectivity index (χ1v) is 8.02. The van der Waals surface area contributed by atoms with E-state index in [0.717, 1.165) is 54.1 Å². The van der Waals surface area contributed by atoms with E-state index in [1.165, 1.54) is 0 Å². The van der Waals surface area contributed by atoms with Crippen molar-refractivity contribution in [2.24, 2.45) is 0 Å². The second-order valence-corrected chi connectivity index (χ2v) is 6.05. The Hall–Kier alpha value is -1.29. The highest BCUT2D eigenvalue weighted by molar-refractivity contribution is 9.10. The molecule has 21 heavy (non-hydrogen) atoms. The zero-order valence-electron chi connectivity index (χ0n) is 11.8. The van der Waals surface area contributed by atoms with E-state index >= 15 is 0 Å². The van der Waals surface area contributed by atoms with Crippen LogP contribution in [0.2, 0.25) is 0 Å². The van der Waals surface area contributed by atoms with Crippen LogP contribution in [0.5, 0.6) is 11.5 Å². The summed E-state index contributed by atoms with van der Waals surface area (Å²) < 4.78 is 12.3. The number of rotatable bonds is 2. The molecule has 0 saturated carbocycles. The van der Waals surface area contributed by atoms with Gasteiger partial charge in [0.2, 0.25) is 0 Å². The molecular weight excluding hydrogens is 334 g/mol. The normalized spacial score (nSPS) is 20.4. The lowest BCUT2D eigenvalue weighted by molar-refractivity contribution is 0.207. The molecule has 0 aliphatic carbocycles. The molecule has 0 aromatic heterocycles. The van der Waals surface area contributed by atoms with Crippen LogP contribution in [0.1, 0.15) is 18.0 Å². The van der Waals surface area contributed by atoms with Crippen molar-refractivity contribution < 1.29 is 9.47 Å². The average molecular weight is 352 g/mol. The van der Waals surface area contributed by atoms with Gasteiger partial charge in [-0.05, 0) is 33.6 Å². The molecule has 0 amide bonds. The number of nitriles is 1. The molecule has 1 atom stereocenters. The lowest BCUT2D eigenvalue weighted by Gasteiger charge is -2.31. The van der Waals surface area contributed by atoms with Crippen LogP contribution in [-0.4, -0.2) is 44.3 Å². The Labute approximate surface area is 133 Å². The van der Waals surface area contributed by atoms with Gasteiger partial charge in [0.05, 0.1) is 23.8 Å². The molecule has 1 fully saturated rings. The minimum absolute atomic E-state index is 0.249. The molecule has 1 unspecified atom stereocenters. The molecule has 2 heterocycles. The molecule has 2 aliphatic heterocycles. The fourth-order valence-electron chi connectivity index (χ4n) is 2.72. The van der Waals surface area contributed by atoms with Crippen LogP contribution in [0.15, 0.2) is 16.6 Å². The van der Waals surface area contributed by atoms with E-state index in [4.69, 9.17) is 9.47 Å². The van der Waals surface area contributed by atoms with E-state index in [1.807, 2.05) is 12.1 Å². The van der Waals surface area contributed by atoms with Crippen molar-refractivity contribution in [1.29, 1.82) is 5.26 Å². The van der Waals surface area contributed by atoms with Gasteiger partial charge in [-0.1, -0.05) is 0 Å². The summed E-state index contributed by atoms with van der Waals surface area (Å²) in [5, 5.41) is 12.9. The van der Waals surface area contributed by atoms with E-state index in [-0.39, 0.29) is 6.04 Å². The van der Waals surface area contributed by atoms with E-state index in [9.17, 15) is 5.26 Å². The van der Waals surface area contributed by atoms with E-state index < -0.39 is 0 Å². The molecule has 6 heteroatoms. The molecule has 1 aromatic rings. The summed E-state index contributed by atoms with van der Waals surface area (Å²) in [5.74, 6) is 1.47. The third-order valence-electron chi connectivity index (χ3n) is 3.78. The van der Waals surface area contributed by atoms with Gasteiger partial charge in [-0.3, -0.25) is 4.90 Å². The quantitative estimate of drug-likeness (QED) is 0.883. The van der Waals surface area contributed by atoms with Crippen molar-refractivity contribution in [3.8, 4) is 17.6 Å². The molecular formula is C15H18BrN3O2. The molecule has 1 aromatic carbocycles. The summed E-state index contributed by atoms with van der Waals surface area (Å²) in [5.41, 5.74) is 0.954. The topological polar surface area (TPSA) is 57.5 Å². The number of halogens is 1. The largest absolute Gasteiger partial charge is 0.490 e. The lowest BCUT2D eigenvalue weighted by Crippen LogP contribution is -2.44. The van der Waals surface area contributed by atoms with Crippen LogP contribution in [0, 0.1) is 11.3 Å². The molecule has 2 aliphatic rings. The van der Waals surface area contributed by atoms with Crippen LogP contribution in [-0.2, 0) is 0 Å². The number of nitrogens with one attached hydrogen (secondary N) is 1. The molecule has 0 bridgehead atoms. The Morgan fingerprint density at radius 2 is 2.00 bits per heavy atom. The third-order valence-corrected chi connectivity index (χ3v) is 4.37. The Morgan fingerprint density at radius 3 is 2.76 bits per heavy atom. The first kappa shape index (κ1) is 14.6. The monoisotopic (exact) mass is 351 g/mol. The number of benzene rings is 1. The maximum absolute atomic E-state index is 9.58. The van der Waals surface area contributed by atoms with Crippen molar-refractivity contribution in [1.82, 2.24) is 10.2 Å². The summed E-state index contributed by atoms with van der Waals surface area (Å²) >= 11 is 3.54. The van der Waals surface area contributed by atoms with Gasteiger partial charge >= 0.3 is 0 Å². The molecule has 112 valence electrons. The van der Waals surface area contributed by atoms with Crippen molar-refractivity contribution in [3.05, 3.63) is 22.2 Å². The van der Waals surface area contributed by atoms with Crippen LogP contribution < -0.4 is 14.8 Å². The molecule has 1 saturated heterocycles. The predicted octanol–water partition coefficient (Wildman–Crippen LogP) is 2.08. The number of hydrogen-bond acceptors (Lipinski definition) is 5. The van der Waals surface area contributed by atoms with Gasteiger partial charge in [0, 0.05) is 32.6 Å². The van der Waals surface area contributed by atoms with Crippen LogP contribution in [0.25, 0.3) is 0 Å². The minimum Gasteiger partial charge on any atom is -0.490 e. The highest BCUT2D eigenvalue weighted by Crippen LogP contribution is 2.40.